The number of carbonyl (C=O) groups excluding carboxylic acids is 1. The zero-order valence-corrected chi connectivity index (χ0v) is 13.9. The van der Waals surface area contributed by atoms with Crippen LogP contribution in [-0.4, -0.2) is 41.4 Å². The van der Waals surface area contributed by atoms with E-state index in [2.05, 4.69) is 45.0 Å². The van der Waals surface area contributed by atoms with Crippen LogP contribution in [0.5, 0.6) is 0 Å². The number of aliphatic hydroxyl groups is 1. The van der Waals surface area contributed by atoms with Crippen LogP contribution in [0, 0.1) is 5.92 Å². The van der Waals surface area contributed by atoms with Crippen molar-refractivity contribution in [3.05, 3.63) is 29.8 Å². The minimum absolute atomic E-state index is 0.161. The third-order valence-electron chi connectivity index (χ3n) is 3.98. The van der Waals surface area contributed by atoms with Crippen LogP contribution in [0.15, 0.2) is 29.2 Å². The first-order chi connectivity index (χ1) is 9.90. The van der Waals surface area contributed by atoms with Gasteiger partial charge in [-0.15, -0.1) is 11.8 Å². The van der Waals surface area contributed by atoms with Crippen molar-refractivity contribution in [2.24, 2.45) is 5.92 Å². The molecule has 0 bridgehead atoms. The van der Waals surface area contributed by atoms with E-state index in [1.54, 1.807) is 11.8 Å². The highest BCUT2D eigenvalue weighted by molar-refractivity contribution is 8.00. The van der Waals surface area contributed by atoms with Crippen LogP contribution in [0.3, 0.4) is 0 Å². The fourth-order valence-electron chi connectivity index (χ4n) is 2.50. The van der Waals surface area contributed by atoms with Gasteiger partial charge >= 0.3 is 0 Å². The maximum atomic E-state index is 12.1. The number of aliphatic hydroxyl groups excluding tert-OH is 1. The van der Waals surface area contributed by atoms with Gasteiger partial charge in [-0.1, -0.05) is 32.9 Å². The molecule has 116 valence electrons. The van der Waals surface area contributed by atoms with Crippen LogP contribution < -0.4 is 0 Å². The molecule has 1 heterocycles. The smallest absolute Gasteiger partial charge is 0.232 e. The molecule has 1 amide bonds. The van der Waals surface area contributed by atoms with Crippen LogP contribution in [0.1, 0.15) is 32.8 Å². The molecule has 1 aliphatic heterocycles. The molecule has 1 atom stereocenters. The van der Waals surface area contributed by atoms with E-state index in [1.165, 1.54) is 5.56 Å². The molecule has 1 aliphatic rings. The molecule has 0 radical (unpaired) electrons. The maximum absolute atomic E-state index is 12.1. The average molecular weight is 307 g/mol. The summed E-state index contributed by atoms with van der Waals surface area (Å²) in [6, 6.07) is 8.48. The lowest BCUT2D eigenvalue weighted by molar-refractivity contribution is -0.127. The average Bonchev–Trinajstić information content (AvgIpc) is 2.93. The molecule has 1 unspecified atom stereocenters. The molecule has 0 aromatic heterocycles. The zero-order valence-electron chi connectivity index (χ0n) is 13.1. The number of benzene rings is 1. The number of likely N-dealkylation sites (tertiary alicyclic amines) is 1. The molecular weight excluding hydrogens is 282 g/mol. The summed E-state index contributed by atoms with van der Waals surface area (Å²) in [6.07, 6.45) is 0.924. The summed E-state index contributed by atoms with van der Waals surface area (Å²) in [5.41, 5.74) is 1.47. The Balaban J connectivity index is 1.84. The van der Waals surface area contributed by atoms with Gasteiger partial charge in [0.05, 0.1) is 5.75 Å². The molecule has 1 aromatic carbocycles. The van der Waals surface area contributed by atoms with Crippen LogP contribution in [0.25, 0.3) is 0 Å². The van der Waals surface area contributed by atoms with E-state index in [0.29, 0.717) is 12.3 Å². The molecule has 1 fully saturated rings. The van der Waals surface area contributed by atoms with E-state index in [1.807, 2.05) is 4.90 Å². The molecule has 2 rings (SSSR count). The second-order valence-corrected chi connectivity index (χ2v) is 7.79. The van der Waals surface area contributed by atoms with E-state index in [-0.39, 0.29) is 23.8 Å². The zero-order chi connectivity index (χ0) is 15.5. The van der Waals surface area contributed by atoms with E-state index >= 15 is 0 Å². The molecule has 0 aliphatic carbocycles. The van der Waals surface area contributed by atoms with Crippen molar-refractivity contribution in [1.29, 1.82) is 0 Å². The Kier molecular flexibility index (Phi) is 5.33. The monoisotopic (exact) mass is 307 g/mol. The molecule has 21 heavy (non-hydrogen) atoms. The van der Waals surface area contributed by atoms with Gasteiger partial charge in [-0.2, -0.15) is 0 Å². The highest BCUT2D eigenvalue weighted by atomic mass is 32.2. The second kappa shape index (κ2) is 6.84. The van der Waals surface area contributed by atoms with Crippen molar-refractivity contribution in [3.8, 4) is 0 Å². The van der Waals surface area contributed by atoms with Gasteiger partial charge in [-0.3, -0.25) is 4.79 Å². The summed E-state index contributed by atoms with van der Waals surface area (Å²) in [5, 5.41) is 9.12. The Labute approximate surface area is 131 Å². The normalized spacial score (nSPS) is 19.0. The lowest BCUT2D eigenvalue weighted by atomic mass is 9.87. The van der Waals surface area contributed by atoms with Gasteiger partial charge in [0.1, 0.15) is 0 Å². The van der Waals surface area contributed by atoms with Gasteiger partial charge in [-0.25, -0.2) is 0 Å². The Morgan fingerprint density at radius 2 is 2.00 bits per heavy atom. The van der Waals surface area contributed by atoms with Gasteiger partial charge in [-0.05, 0) is 29.5 Å². The molecular formula is C17H25NO2S. The summed E-state index contributed by atoms with van der Waals surface area (Å²) in [4.78, 5) is 15.1. The molecule has 1 N–H and O–H groups in total. The van der Waals surface area contributed by atoms with E-state index in [4.69, 9.17) is 5.11 Å². The third-order valence-corrected chi connectivity index (χ3v) is 4.98. The lowest BCUT2D eigenvalue weighted by Gasteiger charge is -2.19. The first kappa shape index (κ1) is 16.4. The Morgan fingerprint density at radius 1 is 1.33 bits per heavy atom. The topological polar surface area (TPSA) is 40.5 Å². The predicted molar refractivity (Wildman–Crippen MR) is 87.6 cm³/mol. The molecule has 1 aromatic rings. The number of hydrogen-bond acceptors (Lipinski definition) is 3. The van der Waals surface area contributed by atoms with Crippen molar-refractivity contribution in [2.75, 3.05) is 25.4 Å². The number of carbonyl (C=O) groups is 1. The number of amides is 1. The fraction of sp³-hybridized carbons (Fsp3) is 0.588. The SMILES string of the molecule is CC(C)(C)c1ccc(SCC(=O)N2CCC(CO)C2)cc1. The second-order valence-electron chi connectivity index (χ2n) is 6.74. The maximum Gasteiger partial charge on any atom is 0.232 e. The van der Waals surface area contributed by atoms with Gasteiger partial charge in [0, 0.05) is 30.5 Å². The third kappa shape index (κ3) is 4.48. The van der Waals surface area contributed by atoms with Crippen molar-refractivity contribution in [3.63, 3.8) is 0 Å². The standard InChI is InChI=1S/C17H25NO2S/c1-17(2,3)14-4-6-15(7-5-14)21-12-16(20)18-9-8-13(10-18)11-19/h4-7,13,19H,8-12H2,1-3H3. The van der Waals surface area contributed by atoms with Gasteiger partial charge in [0.2, 0.25) is 5.91 Å². The number of thioether (sulfide) groups is 1. The van der Waals surface area contributed by atoms with Crippen LogP contribution in [0.4, 0.5) is 0 Å². The minimum atomic E-state index is 0.161. The van der Waals surface area contributed by atoms with Crippen LogP contribution in [0.2, 0.25) is 0 Å². The first-order valence-corrected chi connectivity index (χ1v) is 8.50. The summed E-state index contributed by atoms with van der Waals surface area (Å²) < 4.78 is 0. The van der Waals surface area contributed by atoms with Crippen molar-refractivity contribution in [2.45, 2.75) is 37.5 Å². The quantitative estimate of drug-likeness (QED) is 0.870. The van der Waals surface area contributed by atoms with Gasteiger partial charge in [0.25, 0.3) is 0 Å². The van der Waals surface area contributed by atoms with Crippen molar-refractivity contribution in [1.82, 2.24) is 4.90 Å². The molecule has 4 heteroatoms. The lowest BCUT2D eigenvalue weighted by Crippen LogP contribution is -2.30. The molecule has 0 spiro atoms. The largest absolute Gasteiger partial charge is 0.396 e. The first-order valence-electron chi connectivity index (χ1n) is 7.52. The highest BCUT2D eigenvalue weighted by Gasteiger charge is 2.25. The Hall–Kier alpha value is -1.00. The summed E-state index contributed by atoms with van der Waals surface area (Å²) in [5.74, 6) is 0.924. The van der Waals surface area contributed by atoms with E-state index < -0.39 is 0 Å². The summed E-state index contributed by atoms with van der Waals surface area (Å²) >= 11 is 1.59. The summed E-state index contributed by atoms with van der Waals surface area (Å²) in [7, 11) is 0. The molecule has 3 nitrogen and oxygen atoms in total. The van der Waals surface area contributed by atoms with E-state index in [9.17, 15) is 4.79 Å². The fourth-order valence-corrected chi connectivity index (χ4v) is 3.30. The Morgan fingerprint density at radius 3 is 2.52 bits per heavy atom. The molecule has 1 saturated heterocycles. The van der Waals surface area contributed by atoms with Crippen LogP contribution >= 0.6 is 11.8 Å². The van der Waals surface area contributed by atoms with Gasteiger partial charge in [0.15, 0.2) is 0 Å². The number of rotatable bonds is 4. The highest BCUT2D eigenvalue weighted by Crippen LogP contribution is 2.26. The van der Waals surface area contributed by atoms with Crippen molar-refractivity contribution >= 4 is 17.7 Å². The Bertz CT molecular complexity index is 479. The van der Waals surface area contributed by atoms with Crippen molar-refractivity contribution < 1.29 is 9.90 Å². The minimum Gasteiger partial charge on any atom is -0.396 e. The van der Waals surface area contributed by atoms with Gasteiger partial charge < -0.3 is 10.0 Å². The number of nitrogens with zero attached hydrogens (tertiary/aromatic N) is 1. The number of hydrogen-bond donors (Lipinski definition) is 1. The predicted octanol–water partition coefficient (Wildman–Crippen LogP) is 2.92. The molecule has 0 saturated carbocycles. The summed E-state index contributed by atoms with van der Waals surface area (Å²) in [6.45, 7) is 8.27. The van der Waals surface area contributed by atoms with Crippen LogP contribution in [-0.2, 0) is 10.2 Å². The van der Waals surface area contributed by atoms with E-state index in [0.717, 1.165) is 17.9 Å².